The zero-order chi connectivity index (χ0) is 14.6. The molecule has 3 heteroatoms. The minimum atomic E-state index is 0.0662. The van der Waals surface area contributed by atoms with E-state index in [0.29, 0.717) is 12.2 Å². The van der Waals surface area contributed by atoms with Gasteiger partial charge in [-0.2, -0.15) is 0 Å². The molecule has 0 fully saturated rings. The number of benzene rings is 1. The van der Waals surface area contributed by atoms with E-state index in [2.05, 4.69) is 6.92 Å². The average molecular weight is 276 g/mol. The van der Waals surface area contributed by atoms with Crippen molar-refractivity contribution >= 4 is 5.84 Å². The van der Waals surface area contributed by atoms with Gasteiger partial charge in [0.1, 0.15) is 11.6 Å². The number of ether oxygens (including phenoxy) is 1. The Hall–Kier alpha value is -1.51. The molecule has 0 saturated heterocycles. The smallest absolute Gasteiger partial charge is 0.130 e. The highest BCUT2D eigenvalue weighted by Crippen LogP contribution is 2.17. The van der Waals surface area contributed by atoms with Gasteiger partial charge < -0.3 is 10.5 Å². The van der Waals surface area contributed by atoms with Crippen LogP contribution in [0, 0.1) is 5.41 Å². The van der Waals surface area contributed by atoms with Crippen molar-refractivity contribution in [1.82, 2.24) is 0 Å². The largest absolute Gasteiger partial charge is 0.493 e. The molecule has 1 aromatic rings. The molecule has 0 aliphatic carbocycles. The van der Waals surface area contributed by atoms with Crippen molar-refractivity contribution in [3.8, 4) is 5.75 Å². The second kappa shape index (κ2) is 10.3. The van der Waals surface area contributed by atoms with Crippen LogP contribution in [0.4, 0.5) is 0 Å². The number of nitrogen functional groups attached to an aromatic ring is 1. The molecular formula is C17H28N2O. The van der Waals surface area contributed by atoms with E-state index >= 15 is 0 Å². The molecule has 0 aromatic heterocycles. The van der Waals surface area contributed by atoms with Gasteiger partial charge in [-0.25, -0.2) is 0 Å². The minimum Gasteiger partial charge on any atom is -0.493 e. The number of hydrogen-bond donors (Lipinski definition) is 2. The number of nitrogens with two attached hydrogens (primary N) is 1. The quantitative estimate of drug-likeness (QED) is 0.355. The molecule has 0 unspecified atom stereocenters. The van der Waals surface area contributed by atoms with Gasteiger partial charge in [-0.3, -0.25) is 5.41 Å². The third-order valence-electron chi connectivity index (χ3n) is 3.43. The molecule has 0 atom stereocenters. The standard InChI is InChI=1S/C17H28N2O/c1-2-3-4-5-6-7-8-11-14-20-16-13-10-9-12-15(16)17(18)19/h9-10,12-13H,2-8,11,14H2,1H3,(H3,18,19). The molecule has 0 spiro atoms. The fourth-order valence-corrected chi connectivity index (χ4v) is 2.23. The van der Waals surface area contributed by atoms with Crippen molar-refractivity contribution in [1.29, 1.82) is 5.41 Å². The summed E-state index contributed by atoms with van der Waals surface area (Å²) in [7, 11) is 0. The van der Waals surface area contributed by atoms with Gasteiger partial charge in [0, 0.05) is 0 Å². The van der Waals surface area contributed by atoms with Crippen molar-refractivity contribution in [3.63, 3.8) is 0 Å². The van der Waals surface area contributed by atoms with E-state index in [1.54, 1.807) is 0 Å². The van der Waals surface area contributed by atoms with E-state index in [0.717, 1.165) is 12.2 Å². The second-order valence-electron chi connectivity index (χ2n) is 5.23. The van der Waals surface area contributed by atoms with Gasteiger partial charge in [-0.1, -0.05) is 64.0 Å². The molecule has 0 radical (unpaired) electrons. The van der Waals surface area contributed by atoms with Crippen LogP contribution in [0.5, 0.6) is 5.75 Å². The van der Waals surface area contributed by atoms with Gasteiger partial charge in [0.05, 0.1) is 12.2 Å². The van der Waals surface area contributed by atoms with Crippen LogP contribution in [-0.4, -0.2) is 12.4 Å². The van der Waals surface area contributed by atoms with Gasteiger partial charge in [0.25, 0.3) is 0 Å². The van der Waals surface area contributed by atoms with Crippen LogP contribution in [0.3, 0.4) is 0 Å². The van der Waals surface area contributed by atoms with Crippen molar-refractivity contribution in [2.24, 2.45) is 5.73 Å². The van der Waals surface area contributed by atoms with E-state index in [4.69, 9.17) is 15.9 Å². The first kappa shape index (κ1) is 16.5. The van der Waals surface area contributed by atoms with Gasteiger partial charge in [-0.15, -0.1) is 0 Å². The predicted molar refractivity (Wildman–Crippen MR) is 85.6 cm³/mol. The van der Waals surface area contributed by atoms with Crippen LogP contribution in [0.1, 0.15) is 63.9 Å². The highest BCUT2D eigenvalue weighted by Gasteiger charge is 2.04. The molecule has 0 aliphatic rings. The molecule has 20 heavy (non-hydrogen) atoms. The molecule has 0 bridgehead atoms. The third-order valence-corrected chi connectivity index (χ3v) is 3.43. The summed E-state index contributed by atoms with van der Waals surface area (Å²) in [6, 6.07) is 7.49. The van der Waals surface area contributed by atoms with E-state index in [1.807, 2.05) is 24.3 Å². The first-order valence-electron chi connectivity index (χ1n) is 7.82. The Balaban J connectivity index is 2.11. The molecule has 112 valence electrons. The highest BCUT2D eigenvalue weighted by atomic mass is 16.5. The molecule has 0 aliphatic heterocycles. The number of rotatable bonds is 11. The normalized spacial score (nSPS) is 10.4. The highest BCUT2D eigenvalue weighted by molar-refractivity contribution is 5.97. The van der Waals surface area contributed by atoms with Gasteiger partial charge in [0.2, 0.25) is 0 Å². The van der Waals surface area contributed by atoms with Crippen molar-refractivity contribution in [2.45, 2.75) is 58.3 Å². The van der Waals surface area contributed by atoms with E-state index in [9.17, 15) is 0 Å². The molecule has 1 aromatic carbocycles. The minimum absolute atomic E-state index is 0.0662. The third kappa shape index (κ3) is 6.60. The van der Waals surface area contributed by atoms with Crippen molar-refractivity contribution < 1.29 is 4.74 Å². The van der Waals surface area contributed by atoms with Crippen molar-refractivity contribution in [3.05, 3.63) is 29.8 Å². The lowest BCUT2D eigenvalue weighted by Crippen LogP contribution is -2.13. The monoisotopic (exact) mass is 276 g/mol. The topological polar surface area (TPSA) is 59.1 Å². The number of unbranched alkanes of at least 4 members (excludes halogenated alkanes) is 7. The first-order chi connectivity index (χ1) is 9.75. The molecule has 0 saturated carbocycles. The number of para-hydroxylation sites is 1. The summed E-state index contributed by atoms with van der Waals surface area (Å²) < 4.78 is 5.72. The van der Waals surface area contributed by atoms with Crippen LogP contribution < -0.4 is 10.5 Å². The van der Waals surface area contributed by atoms with Gasteiger partial charge in [-0.05, 0) is 18.6 Å². The van der Waals surface area contributed by atoms with Crippen molar-refractivity contribution in [2.75, 3.05) is 6.61 Å². The van der Waals surface area contributed by atoms with Gasteiger partial charge >= 0.3 is 0 Å². The number of nitrogens with one attached hydrogen (secondary N) is 1. The summed E-state index contributed by atoms with van der Waals surface area (Å²) in [5.41, 5.74) is 6.21. The maximum absolute atomic E-state index is 7.50. The summed E-state index contributed by atoms with van der Waals surface area (Å²) in [6.45, 7) is 2.95. The first-order valence-corrected chi connectivity index (χ1v) is 7.82. The molecule has 1 rings (SSSR count). The lowest BCUT2D eigenvalue weighted by atomic mass is 10.1. The molecule has 3 N–H and O–H groups in total. The fourth-order valence-electron chi connectivity index (χ4n) is 2.23. The second-order valence-corrected chi connectivity index (χ2v) is 5.23. The number of hydrogen-bond acceptors (Lipinski definition) is 2. The molecular weight excluding hydrogens is 248 g/mol. The van der Waals surface area contributed by atoms with Gasteiger partial charge in [0.15, 0.2) is 0 Å². The van der Waals surface area contributed by atoms with Crippen LogP contribution in [-0.2, 0) is 0 Å². The Morgan fingerprint density at radius 2 is 1.60 bits per heavy atom. The lowest BCUT2D eigenvalue weighted by Gasteiger charge is -2.10. The summed E-state index contributed by atoms with van der Waals surface area (Å²) in [5.74, 6) is 0.791. The Kier molecular flexibility index (Phi) is 8.52. The maximum atomic E-state index is 7.50. The SMILES string of the molecule is CCCCCCCCCCOc1ccccc1C(=N)N. The Morgan fingerprint density at radius 1 is 1.00 bits per heavy atom. The molecule has 0 heterocycles. The zero-order valence-corrected chi connectivity index (χ0v) is 12.7. The summed E-state index contributed by atoms with van der Waals surface area (Å²) >= 11 is 0. The van der Waals surface area contributed by atoms with Crippen LogP contribution in [0.25, 0.3) is 0 Å². The van der Waals surface area contributed by atoms with E-state index in [1.165, 1.54) is 44.9 Å². The zero-order valence-electron chi connectivity index (χ0n) is 12.7. The summed E-state index contributed by atoms with van der Waals surface area (Å²) in [6.07, 6.45) is 10.3. The summed E-state index contributed by atoms with van der Waals surface area (Å²) in [5, 5.41) is 7.50. The molecule has 0 amide bonds. The Bertz CT molecular complexity index is 390. The lowest BCUT2D eigenvalue weighted by molar-refractivity contribution is 0.303. The van der Waals surface area contributed by atoms with Crippen LogP contribution in [0.2, 0.25) is 0 Å². The van der Waals surface area contributed by atoms with E-state index < -0.39 is 0 Å². The fraction of sp³-hybridized carbons (Fsp3) is 0.588. The molecule has 3 nitrogen and oxygen atoms in total. The predicted octanol–water partition coefficient (Wildman–Crippen LogP) is 4.49. The number of amidine groups is 1. The summed E-state index contributed by atoms with van der Waals surface area (Å²) in [4.78, 5) is 0. The Morgan fingerprint density at radius 3 is 2.25 bits per heavy atom. The van der Waals surface area contributed by atoms with E-state index in [-0.39, 0.29) is 5.84 Å². The van der Waals surface area contributed by atoms with Crippen LogP contribution in [0.15, 0.2) is 24.3 Å². The van der Waals surface area contributed by atoms with Crippen LogP contribution >= 0.6 is 0 Å². The maximum Gasteiger partial charge on any atom is 0.130 e. The Labute approximate surface area is 123 Å². The average Bonchev–Trinajstić information content (AvgIpc) is 2.46.